The van der Waals surface area contributed by atoms with E-state index < -0.39 is 0 Å². The third kappa shape index (κ3) is 5.99. The highest BCUT2D eigenvalue weighted by Crippen LogP contribution is 2.27. The Labute approximate surface area is 160 Å². The van der Waals surface area contributed by atoms with Gasteiger partial charge in [0.2, 0.25) is 5.91 Å². The Balaban J connectivity index is 1.39. The van der Waals surface area contributed by atoms with Crippen molar-refractivity contribution in [2.75, 3.05) is 33.2 Å². The van der Waals surface area contributed by atoms with Crippen molar-refractivity contribution < 1.29 is 4.79 Å². The monoisotopic (exact) mass is 377 g/mol. The van der Waals surface area contributed by atoms with Crippen molar-refractivity contribution in [2.24, 2.45) is 4.99 Å². The van der Waals surface area contributed by atoms with Gasteiger partial charge in [0.15, 0.2) is 5.96 Å². The van der Waals surface area contributed by atoms with E-state index in [0.29, 0.717) is 18.5 Å². The second-order valence-electron chi connectivity index (χ2n) is 7.10. The van der Waals surface area contributed by atoms with Gasteiger partial charge in [-0.3, -0.25) is 14.7 Å². The van der Waals surface area contributed by atoms with Crippen LogP contribution in [-0.2, 0) is 4.79 Å². The quantitative estimate of drug-likeness (QED) is 0.350. The zero-order chi connectivity index (χ0) is 18.2. The molecule has 1 atom stereocenters. The number of nitrogens with zero attached hydrogens (tertiary/aromatic N) is 2. The van der Waals surface area contributed by atoms with E-state index >= 15 is 0 Å². The van der Waals surface area contributed by atoms with E-state index in [9.17, 15) is 4.79 Å². The lowest BCUT2D eigenvalue weighted by Crippen LogP contribution is -2.42. The van der Waals surface area contributed by atoms with Crippen LogP contribution in [0.3, 0.4) is 0 Å². The predicted molar refractivity (Wildman–Crippen MR) is 108 cm³/mol. The van der Waals surface area contributed by atoms with Gasteiger partial charge in [0.25, 0.3) is 0 Å². The van der Waals surface area contributed by atoms with Crippen LogP contribution in [0.2, 0.25) is 0 Å². The number of guanidine groups is 1. The van der Waals surface area contributed by atoms with Crippen molar-refractivity contribution in [2.45, 2.75) is 50.6 Å². The van der Waals surface area contributed by atoms with Gasteiger partial charge < -0.3 is 16.0 Å². The van der Waals surface area contributed by atoms with E-state index in [1.54, 1.807) is 7.05 Å². The Kier molecular flexibility index (Phi) is 7.32. The Hall–Kier alpha value is -1.60. The Morgan fingerprint density at radius 3 is 2.81 bits per heavy atom. The van der Waals surface area contributed by atoms with Crippen molar-refractivity contribution in [3.8, 4) is 0 Å². The summed E-state index contributed by atoms with van der Waals surface area (Å²) in [5.41, 5.74) is 0. The van der Waals surface area contributed by atoms with Gasteiger partial charge >= 0.3 is 0 Å². The molecule has 2 aliphatic rings. The van der Waals surface area contributed by atoms with Crippen LogP contribution in [0.15, 0.2) is 22.5 Å². The third-order valence-corrected chi connectivity index (χ3v) is 5.93. The van der Waals surface area contributed by atoms with Gasteiger partial charge in [-0.1, -0.05) is 6.07 Å². The van der Waals surface area contributed by atoms with E-state index in [1.807, 2.05) is 11.3 Å². The molecule has 0 radical (unpaired) electrons. The minimum absolute atomic E-state index is 0.170. The Morgan fingerprint density at radius 2 is 2.15 bits per heavy atom. The molecule has 3 rings (SSSR count). The molecule has 1 saturated carbocycles. The molecule has 1 aliphatic heterocycles. The topological polar surface area (TPSA) is 68.8 Å². The maximum atomic E-state index is 11.7. The number of carbonyl (C=O) groups is 1. The number of thiophene rings is 1. The van der Waals surface area contributed by atoms with Crippen LogP contribution in [-0.4, -0.2) is 56.0 Å². The van der Waals surface area contributed by atoms with Gasteiger partial charge in [-0.2, -0.15) is 0 Å². The highest BCUT2D eigenvalue weighted by Gasteiger charge is 2.24. The lowest BCUT2D eigenvalue weighted by molar-refractivity contribution is -0.121. The fraction of sp³-hybridized carbons (Fsp3) is 0.684. The van der Waals surface area contributed by atoms with E-state index in [-0.39, 0.29) is 5.91 Å². The molecule has 2 heterocycles. The molecule has 7 heteroatoms. The number of hydrogen-bond acceptors (Lipinski definition) is 4. The van der Waals surface area contributed by atoms with Crippen molar-refractivity contribution >= 4 is 23.2 Å². The van der Waals surface area contributed by atoms with Crippen LogP contribution in [0, 0.1) is 0 Å². The first-order valence-corrected chi connectivity index (χ1v) is 10.7. The molecule has 1 unspecified atom stereocenters. The molecule has 2 fully saturated rings. The molecule has 26 heavy (non-hydrogen) atoms. The molecule has 0 aromatic carbocycles. The van der Waals surface area contributed by atoms with E-state index in [4.69, 9.17) is 0 Å². The van der Waals surface area contributed by atoms with Crippen LogP contribution in [0.5, 0.6) is 0 Å². The molecule has 1 amide bonds. The van der Waals surface area contributed by atoms with E-state index in [1.165, 1.54) is 30.8 Å². The summed E-state index contributed by atoms with van der Waals surface area (Å²) >= 11 is 1.83. The van der Waals surface area contributed by atoms with Crippen molar-refractivity contribution in [3.05, 3.63) is 22.4 Å². The summed E-state index contributed by atoms with van der Waals surface area (Å²) in [6.45, 7) is 3.95. The largest absolute Gasteiger partial charge is 0.356 e. The number of nitrogens with one attached hydrogen (secondary N) is 3. The number of carbonyl (C=O) groups excluding carboxylic acids is 1. The summed E-state index contributed by atoms with van der Waals surface area (Å²) in [5.74, 6) is 0.984. The van der Waals surface area contributed by atoms with Crippen molar-refractivity contribution in [3.63, 3.8) is 0 Å². The first kappa shape index (κ1) is 19.2. The minimum atomic E-state index is 0.170. The van der Waals surface area contributed by atoms with Crippen LogP contribution in [0.25, 0.3) is 0 Å². The zero-order valence-electron chi connectivity index (χ0n) is 15.7. The van der Waals surface area contributed by atoms with E-state index in [2.05, 4.69) is 43.4 Å². The van der Waals surface area contributed by atoms with Crippen LogP contribution in [0.1, 0.15) is 49.4 Å². The molecule has 0 spiro atoms. The van der Waals surface area contributed by atoms with Crippen LogP contribution >= 0.6 is 11.3 Å². The van der Waals surface area contributed by atoms with Crippen LogP contribution < -0.4 is 16.0 Å². The first-order chi connectivity index (χ1) is 12.8. The lowest BCUT2D eigenvalue weighted by Gasteiger charge is -2.27. The fourth-order valence-electron chi connectivity index (χ4n) is 3.34. The molecule has 1 aromatic rings. The number of hydrogen-bond donors (Lipinski definition) is 3. The third-order valence-electron chi connectivity index (χ3n) is 4.96. The maximum Gasteiger partial charge on any atom is 0.220 e. The van der Waals surface area contributed by atoms with Gasteiger partial charge in [0.05, 0.1) is 6.04 Å². The number of rotatable bonds is 9. The molecular weight excluding hydrogens is 346 g/mol. The smallest absolute Gasteiger partial charge is 0.220 e. The summed E-state index contributed by atoms with van der Waals surface area (Å²) < 4.78 is 0. The van der Waals surface area contributed by atoms with Gasteiger partial charge in [-0.25, -0.2) is 0 Å². The van der Waals surface area contributed by atoms with Crippen molar-refractivity contribution in [1.82, 2.24) is 20.9 Å². The highest BCUT2D eigenvalue weighted by atomic mass is 32.1. The van der Waals surface area contributed by atoms with Gasteiger partial charge in [0.1, 0.15) is 0 Å². The molecular formula is C19H31N5OS. The van der Waals surface area contributed by atoms with Gasteiger partial charge in [-0.15, -0.1) is 11.3 Å². The second-order valence-corrected chi connectivity index (χ2v) is 8.08. The predicted octanol–water partition coefficient (Wildman–Crippen LogP) is 2.11. The molecule has 144 valence electrons. The number of amides is 1. The highest BCUT2D eigenvalue weighted by molar-refractivity contribution is 7.10. The number of likely N-dealkylation sites (tertiary alicyclic amines) is 1. The van der Waals surface area contributed by atoms with Gasteiger partial charge in [-0.05, 0) is 56.6 Å². The lowest BCUT2D eigenvalue weighted by atomic mass is 10.2. The average Bonchev–Trinajstić information content (AvgIpc) is 3.10. The average molecular weight is 378 g/mol. The molecule has 0 bridgehead atoms. The Morgan fingerprint density at radius 1 is 1.35 bits per heavy atom. The van der Waals surface area contributed by atoms with E-state index in [0.717, 1.165) is 38.3 Å². The van der Waals surface area contributed by atoms with Gasteiger partial charge in [0, 0.05) is 37.5 Å². The summed E-state index contributed by atoms with van der Waals surface area (Å²) in [6.07, 6.45) is 6.26. The summed E-state index contributed by atoms with van der Waals surface area (Å²) in [5, 5.41) is 12.0. The second kappa shape index (κ2) is 9.92. The minimum Gasteiger partial charge on any atom is -0.356 e. The fourth-order valence-corrected chi connectivity index (χ4v) is 4.20. The Bertz CT molecular complexity index is 579. The summed E-state index contributed by atoms with van der Waals surface area (Å²) in [6, 6.07) is 5.21. The maximum absolute atomic E-state index is 11.7. The molecule has 6 nitrogen and oxygen atoms in total. The summed E-state index contributed by atoms with van der Waals surface area (Å²) in [4.78, 5) is 20.0. The molecule has 3 N–H and O–H groups in total. The number of aliphatic imine (C=N–C) groups is 1. The summed E-state index contributed by atoms with van der Waals surface area (Å²) in [7, 11) is 1.80. The van der Waals surface area contributed by atoms with Crippen molar-refractivity contribution in [1.29, 1.82) is 0 Å². The first-order valence-electron chi connectivity index (χ1n) is 9.77. The normalized spacial score (nSPS) is 19.3. The zero-order valence-corrected chi connectivity index (χ0v) is 16.5. The van der Waals surface area contributed by atoms with Crippen LogP contribution in [0.4, 0.5) is 0 Å². The molecule has 1 aliphatic carbocycles. The standard InChI is InChI=1S/C19H31N5OS/c1-20-19(21-10-4-7-18(25)23-15-8-9-15)22-14-16(17-6-5-13-26-17)24-11-2-3-12-24/h5-6,13,15-16H,2-4,7-12,14H2,1H3,(H,23,25)(H2,20,21,22). The SMILES string of the molecule is CN=C(NCCCC(=O)NC1CC1)NCC(c1cccs1)N1CCCC1. The molecule has 1 saturated heterocycles. The molecule has 1 aromatic heterocycles.